The molecule has 2 N–H and O–H groups in total. The maximum absolute atomic E-state index is 12.4. The number of thiazole rings is 1. The number of anilines is 1. The molecular formula is C15H12ClN3O2S. The summed E-state index contributed by atoms with van der Waals surface area (Å²) in [7, 11) is 0. The second-order valence-corrected chi connectivity index (χ2v) is 6.48. The van der Waals surface area contributed by atoms with E-state index >= 15 is 0 Å². The van der Waals surface area contributed by atoms with Crippen molar-refractivity contribution in [2.45, 2.75) is 13.8 Å². The summed E-state index contributed by atoms with van der Waals surface area (Å²) in [6.45, 7) is 3.79. The lowest BCUT2D eigenvalue weighted by molar-refractivity contribution is 0.102. The second kappa shape index (κ2) is 5.55. The number of aromatic nitrogens is 2. The minimum atomic E-state index is -0.489. The molecule has 7 heteroatoms. The Morgan fingerprint density at radius 2 is 2.14 bits per heavy atom. The normalized spacial score (nSPS) is 10.9. The van der Waals surface area contributed by atoms with Gasteiger partial charge >= 0.3 is 0 Å². The Hall–Kier alpha value is -2.18. The van der Waals surface area contributed by atoms with Gasteiger partial charge in [0.15, 0.2) is 5.13 Å². The number of amides is 1. The summed E-state index contributed by atoms with van der Waals surface area (Å²) >= 11 is 7.28. The first-order valence-corrected chi connectivity index (χ1v) is 7.71. The van der Waals surface area contributed by atoms with E-state index in [1.165, 1.54) is 17.5 Å². The molecule has 0 spiro atoms. The number of hydrogen-bond donors (Lipinski definition) is 2. The zero-order chi connectivity index (χ0) is 15.9. The van der Waals surface area contributed by atoms with Crippen molar-refractivity contribution in [1.29, 1.82) is 0 Å². The molecule has 0 radical (unpaired) electrons. The Bertz CT molecular complexity index is 926. The molecular weight excluding hydrogens is 322 g/mol. The van der Waals surface area contributed by atoms with Crippen LogP contribution in [-0.2, 0) is 0 Å². The van der Waals surface area contributed by atoms with Crippen molar-refractivity contribution >= 4 is 44.9 Å². The largest absolute Gasteiger partial charge is 0.360 e. The quantitative estimate of drug-likeness (QED) is 0.753. The zero-order valence-corrected chi connectivity index (χ0v) is 13.4. The van der Waals surface area contributed by atoms with Crippen LogP contribution in [0.3, 0.4) is 0 Å². The lowest BCUT2D eigenvalue weighted by atomic mass is 10.1. The van der Waals surface area contributed by atoms with Crippen molar-refractivity contribution in [3.63, 3.8) is 0 Å². The molecule has 0 bridgehead atoms. The van der Waals surface area contributed by atoms with Crippen molar-refractivity contribution in [2.75, 3.05) is 5.32 Å². The van der Waals surface area contributed by atoms with E-state index in [0.29, 0.717) is 21.1 Å². The standard InChI is InChI=1S/C15H12ClN3O2S/c1-7-8(2)22-15(18-7)19-14(21)11-6-17-12-4-3-9(16)5-10(12)13(11)20/h3-6H,1-2H3,(H,17,20)(H,18,19,21). The molecule has 2 heterocycles. The van der Waals surface area contributed by atoms with Gasteiger partial charge in [-0.25, -0.2) is 4.98 Å². The molecule has 3 rings (SSSR count). The molecule has 0 saturated carbocycles. The number of pyridine rings is 1. The zero-order valence-electron chi connectivity index (χ0n) is 11.9. The fraction of sp³-hybridized carbons (Fsp3) is 0.133. The monoisotopic (exact) mass is 333 g/mol. The first kappa shape index (κ1) is 14.7. The maximum Gasteiger partial charge on any atom is 0.262 e. The van der Waals surface area contributed by atoms with Crippen LogP contribution < -0.4 is 10.7 Å². The van der Waals surface area contributed by atoms with Crippen LogP contribution in [0.25, 0.3) is 10.9 Å². The topological polar surface area (TPSA) is 74.8 Å². The Morgan fingerprint density at radius 1 is 1.36 bits per heavy atom. The lowest BCUT2D eigenvalue weighted by Crippen LogP contribution is -2.21. The molecule has 22 heavy (non-hydrogen) atoms. The Labute approximate surface area is 135 Å². The van der Waals surface area contributed by atoms with Crippen molar-refractivity contribution < 1.29 is 4.79 Å². The van der Waals surface area contributed by atoms with Crippen LogP contribution in [0.15, 0.2) is 29.2 Å². The van der Waals surface area contributed by atoms with Gasteiger partial charge in [0.25, 0.3) is 5.91 Å². The van der Waals surface area contributed by atoms with Crippen LogP contribution in [0.1, 0.15) is 20.9 Å². The van der Waals surface area contributed by atoms with Gasteiger partial charge in [-0.1, -0.05) is 11.6 Å². The number of benzene rings is 1. The van der Waals surface area contributed by atoms with Crippen molar-refractivity contribution in [2.24, 2.45) is 0 Å². The minimum absolute atomic E-state index is 0.0280. The number of halogens is 1. The molecule has 2 aromatic heterocycles. The highest BCUT2D eigenvalue weighted by Crippen LogP contribution is 2.21. The molecule has 0 aliphatic carbocycles. The van der Waals surface area contributed by atoms with Gasteiger partial charge in [-0.15, -0.1) is 11.3 Å². The van der Waals surface area contributed by atoms with Crippen LogP contribution in [-0.4, -0.2) is 15.9 Å². The number of aryl methyl sites for hydroxylation is 2. The van der Waals surface area contributed by atoms with E-state index in [1.54, 1.807) is 18.2 Å². The molecule has 1 amide bonds. The van der Waals surface area contributed by atoms with Crippen LogP contribution in [0.5, 0.6) is 0 Å². The van der Waals surface area contributed by atoms with Gasteiger partial charge in [-0.05, 0) is 32.0 Å². The second-order valence-electron chi connectivity index (χ2n) is 4.84. The SMILES string of the molecule is Cc1nc(NC(=O)c2c[nH]c3ccc(Cl)cc3c2=O)sc1C. The highest BCUT2D eigenvalue weighted by atomic mass is 35.5. The average Bonchev–Trinajstić information content (AvgIpc) is 2.78. The number of rotatable bonds is 2. The summed E-state index contributed by atoms with van der Waals surface area (Å²) in [5, 5.41) is 3.96. The van der Waals surface area contributed by atoms with E-state index in [-0.39, 0.29) is 11.0 Å². The number of nitrogens with zero attached hydrogens (tertiary/aromatic N) is 1. The molecule has 0 atom stereocenters. The van der Waals surface area contributed by atoms with Crippen LogP contribution in [0.2, 0.25) is 5.02 Å². The Balaban J connectivity index is 2.00. The molecule has 1 aromatic carbocycles. The van der Waals surface area contributed by atoms with E-state index in [0.717, 1.165) is 10.6 Å². The summed E-state index contributed by atoms with van der Waals surface area (Å²) in [6.07, 6.45) is 1.40. The molecule has 0 saturated heterocycles. The predicted octanol–water partition coefficient (Wildman–Crippen LogP) is 3.51. The van der Waals surface area contributed by atoms with E-state index in [4.69, 9.17) is 11.6 Å². The summed E-state index contributed by atoms with van der Waals surface area (Å²) < 4.78 is 0. The van der Waals surface area contributed by atoms with Gasteiger partial charge in [0.05, 0.1) is 5.69 Å². The van der Waals surface area contributed by atoms with Crippen molar-refractivity contribution in [3.8, 4) is 0 Å². The van der Waals surface area contributed by atoms with E-state index in [2.05, 4.69) is 15.3 Å². The van der Waals surface area contributed by atoms with Gasteiger partial charge in [0, 0.05) is 27.0 Å². The lowest BCUT2D eigenvalue weighted by Gasteiger charge is -2.04. The van der Waals surface area contributed by atoms with Gasteiger partial charge in [0.2, 0.25) is 5.43 Å². The summed E-state index contributed by atoms with van der Waals surface area (Å²) in [5.74, 6) is -0.489. The summed E-state index contributed by atoms with van der Waals surface area (Å²) in [5.41, 5.74) is 1.16. The average molecular weight is 334 g/mol. The summed E-state index contributed by atoms with van der Waals surface area (Å²) in [6, 6.07) is 4.93. The highest BCUT2D eigenvalue weighted by molar-refractivity contribution is 7.15. The Morgan fingerprint density at radius 3 is 2.82 bits per heavy atom. The molecule has 112 valence electrons. The maximum atomic E-state index is 12.4. The van der Waals surface area contributed by atoms with E-state index in [1.807, 2.05) is 13.8 Å². The molecule has 3 aromatic rings. The number of hydrogen-bond acceptors (Lipinski definition) is 4. The fourth-order valence-electron chi connectivity index (χ4n) is 2.05. The molecule has 0 unspecified atom stereocenters. The van der Waals surface area contributed by atoms with Crippen LogP contribution >= 0.6 is 22.9 Å². The molecule has 0 fully saturated rings. The van der Waals surface area contributed by atoms with E-state index < -0.39 is 5.91 Å². The minimum Gasteiger partial charge on any atom is -0.360 e. The van der Waals surface area contributed by atoms with Crippen molar-refractivity contribution in [1.82, 2.24) is 9.97 Å². The highest BCUT2D eigenvalue weighted by Gasteiger charge is 2.15. The number of aromatic amines is 1. The fourth-order valence-corrected chi connectivity index (χ4v) is 3.03. The first-order valence-electron chi connectivity index (χ1n) is 6.52. The van der Waals surface area contributed by atoms with Crippen LogP contribution in [0.4, 0.5) is 5.13 Å². The van der Waals surface area contributed by atoms with Gasteiger partial charge < -0.3 is 4.98 Å². The van der Waals surface area contributed by atoms with Gasteiger partial charge in [-0.3, -0.25) is 14.9 Å². The Kier molecular flexibility index (Phi) is 3.72. The van der Waals surface area contributed by atoms with Crippen molar-refractivity contribution in [3.05, 3.63) is 55.8 Å². The molecule has 0 aliphatic rings. The van der Waals surface area contributed by atoms with E-state index in [9.17, 15) is 9.59 Å². The third-order valence-electron chi connectivity index (χ3n) is 3.34. The first-order chi connectivity index (χ1) is 10.5. The third kappa shape index (κ3) is 2.63. The number of carbonyl (C=O) groups excluding carboxylic acids is 1. The van der Waals surface area contributed by atoms with Crippen LogP contribution in [0, 0.1) is 13.8 Å². The number of carbonyl (C=O) groups is 1. The molecule has 0 aliphatic heterocycles. The summed E-state index contributed by atoms with van der Waals surface area (Å²) in [4.78, 5) is 32.9. The smallest absolute Gasteiger partial charge is 0.262 e. The molecule has 5 nitrogen and oxygen atoms in total. The number of nitrogens with one attached hydrogen (secondary N) is 2. The predicted molar refractivity (Wildman–Crippen MR) is 89.1 cm³/mol. The van der Waals surface area contributed by atoms with Gasteiger partial charge in [-0.2, -0.15) is 0 Å². The number of H-pyrrole nitrogens is 1. The van der Waals surface area contributed by atoms with Gasteiger partial charge in [0.1, 0.15) is 5.56 Å². The third-order valence-corrected chi connectivity index (χ3v) is 4.56. The number of fused-ring (bicyclic) bond motifs is 1.